The van der Waals surface area contributed by atoms with Crippen molar-refractivity contribution in [3.05, 3.63) is 38.3 Å². The number of anilines is 1. The first-order valence-corrected chi connectivity index (χ1v) is 9.51. The highest BCUT2D eigenvalue weighted by atomic mass is 35.5. The molecule has 0 atom stereocenters. The predicted molar refractivity (Wildman–Crippen MR) is 99.6 cm³/mol. The van der Waals surface area contributed by atoms with Gasteiger partial charge in [-0.2, -0.15) is 0 Å². The molecule has 0 aliphatic carbocycles. The van der Waals surface area contributed by atoms with Crippen molar-refractivity contribution in [1.82, 2.24) is 15.5 Å². The van der Waals surface area contributed by atoms with Gasteiger partial charge in [0, 0.05) is 25.2 Å². The van der Waals surface area contributed by atoms with Gasteiger partial charge < -0.3 is 10.6 Å². The van der Waals surface area contributed by atoms with E-state index in [-0.39, 0.29) is 11.6 Å². The lowest BCUT2D eigenvalue weighted by atomic mass is 10.2. The minimum Gasteiger partial charge on any atom is -0.384 e. The first-order chi connectivity index (χ1) is 12.0. The summed E-state index contributed by atoms with van der Waals surface area (Å²) in [6.45, 7) is 2.97. The fraction of sp³-hybridized carbons (Fsp3) is 0.357. The molecule has 0 saturated carbocycles. The maximum atomic E-state index is 11.7. The molecule has 11 heteroatoms. The van der Waals surface area contributed by atoms with E-state index in [0.29, 0.717) is 36.0 Å². The maximum absolute atomic E-state index is 11.7. The number of nitrogens with zero attached hydrogens (tertiary/aromatic N) is 3. The van der Waals surface area contributed by atoms with Gasteiger partial charge in [-0.25, -0.2) is 0 Å². The molecule has 0 bridgehead atoms. The number of nitrogens with one attached hydrogen (secondary N) is 2. The quantitative estimate of drug-likeness (QED) is 0.287. The minimum absolute atomic E-state index is 0.0501. The highest BCUT2D eigenvalue weighted by Crippen LogP contribution is 2.26. The second kappa shape index (κ2) is 9.54. The van der Waals surface area contributed by atoms with Crippen molar-refractivity contribution >= 4 is 52.0 Å². The first-order valence-electron chi connectivity index (χ1n) is 7.33. The number of non-ortho nitro benzene ring substituents is 1. The number of aromatic nitrogens is 2. The van der Waals surface area contributed by atoms with Gasteiger partial charge in [-0.05, 0) is 19.4 Å². The number of hydrogen-bond acceptors (Lipinski definition) is 8. The second-order valence-corrected chi connectivity index (χ2v) is 7.74. The first kappa shape index (κ1) is 19.4. The summed E-state index contributed by atoms with van der Waals surface area (Å²) in [6.07, 6.45) is 0.696. The number of hydrogen-bond donors (Lipinski definition) is 2. The third-order valence-corrected chi connectivity index (χ3v) is 5.27. The van der Waals surface area contributed by atoms with Crippen LogP contribution in [0.3, 0.4) is 0 Å². The SMILES string of the molecule is Cc1nnc(SCC(=O)NCCCNc2ccc([N+](=O)[O-])cc2Cl)s1. The molecule has 0 aliphatic rings. The number of amides is 1. The Morgan fingerprint density at radius 2 is 2.20 bits per heavy atom. The van der Waals surface area contributed by atoms with Gasteiger partial charge in [-0.15, -0.1) is 10.2 Å². The van der Waals surface area contributed by atoms with Gasteiger partial charge in [0.1, 0.15) is 5.01 Å². The summed E-state index contributed by atoms with van der Waals surface area (Å²) in [5, 5.41) is 25.6. The van der Waals surface area contributed by atoms with Crippen molar-refractivity contribution in [2.24, 2.45) is 0 Å². The second-order valence-electron chi connectivity index (χ2n) is 4.93. The number of carbonyl (C=O) groups excluding carboxylic acids is 1. The number of rotatable bonds is 9. The van der Waals surface area contributed by atoms with Crippen molar-refractivity contribution < 1.29 is 9.72 Å². The van der Waals surface area contributed by atoms with Crippen molar-refractivity contribution in [2.45, 2.75) is 17.7 Å². The van der Waals surface area contributed by atoms with Gasteiger partial charge in [0.05, 0.1) is 21.4 Å². The average molecular weight is 402 g/mol. The molecular weight excluding hydrogens is 386 g/mol. The van der Waals surface area contributed by atoms with Crippen molar-refractivity contribution in [1.29, 1.82) is 0 Å². The van der Waals surface area contributed by atoms with E-state index in [4.69, 9.17) is 11.6 Å². The molecule has 0 aliphatic heterocycles. The number of halogens is 1. The molecule has 1 amide bonds. The summed E-state index contributed by atoms with van der Waals surface area (Å²) in [4.78, 5) is 21.9. The molecule has 0 spiro atoms. The molecule has 25 heavy (non-hydrogen) atoms. The smallest absolute Gasteiger partial charge is 0.271 e. The Hall–Kier alpha value is -1.91. The van der Waals surface area contributed by atoms with Crippen LogP contribution >= 0.6 is 34.7 Å². The summed E-state index contributed by atoms with van der Waals surface area (Å²) >= 11 is 8.81. The van der Waals surface area contributed by atoms with Crippen LogP contribution in [-0.2, 0) is 4.79 Å². The van der Waals surface area contributed by atoms with E-state index in [1.54, 1.807) is 6.07 Å². The number of aryl methyl sites for hydroxylation is 1. The standard InChI is InChI=1S/C14H16ClN5O3S2/c1-9-18-19-14(25-9)24-8-13(21)17-6-2-5-16-12-4-3-10(20(22)23)7-11(12)15/h3-4,7,16H,2,5-6,8H2,1H3,(H,17,21). The zero-order valence-corrected chi connectivity index (χ0v) is 15.7. The molecule has 1 heterocycles. The average Bonchev–Trinajstić information content (AvgIpc) is 2.99. The van der Waals surface area contributed by atoms with E-state index in [1.165, 1.54) is 35.2 Å². The monoisotopic (exact) mass is 401 g/mol. The number of thioether (sulfide) groups is 1. The van der Waals surface area contributed by atoms with Crippen LogP contribution in [0, 0.1) is 17.0 Å². The van der Waals surface area contributed by atoms with Crippen LogP contribution in [0.2, 0.25) is 5.02 Å². The van der Waals surface area contributed by atoms with Crippen molar-refractivity contribution in [3.63, 3.8) is 0 Å². The highest BCUT2D eigenvalue weighted by molar-refractivity contribution is 8.01. The molecule has 2 rings (SSSR count). The van der Waals surface area contributed by atoms with Crippen LogP contribution in [0.4, 0.5) is 11.4 Å². The van der Waals surface area contributed by atoms with Crippen LogP contribution in [-0.4, -0.2) is 39.9 Å². The van der Waals surface area contributed by atoms with E-state index >= 15 is 0 Å². The third kappa shape index (κ3) is 6.48. The van der Waals surface area contributed by atoms with Crippen LogP contribution in [0.15, 0.2) is 22.5 Å². The van der Waals surface area contributed by atoms with Crippen LogP contribution in [0.5, 0.6) is 0 Å². The largest absolute Gasteiger partial charge is 0.384 e. The van der Waals surface area contributed by atoms with Crippen LogP contribution in [0.25, 0.3) is 0 Å². The molecule has 0 radical (unpaired) electrons. The Bertz CT molecular complexity index is 756. The maximum Gasteiger partial charge on any atom is 0.271 e. The van der Waals surface area contributed by atoms with Crippen molar-refractivity contribution in [3.8, 4) is 0 Å². The van der Waals surface area contributed by atoms with Gasteiger partial charge in [0.25, 0.3) is 5.69 Å². The highest BCUT2D eigenvalue weighted by Gasteiger charge is 2.09. The molecule has 2 aromatic rings. The lowest BCUT2D eigenvalue weighted by molar-refractivity contribution is -0.384. The lowest BCUT2D eigenvalue weighted by Crippen LogP contribution is -2.27. The molecule has 1 aromatic heterocycles. The van der Waals surface area contributed by atoms with Crippen molar-refractivity contribution in [2.75, 3.05) is 24.2 Å². The number of nitro benzene ring substituents is 1. The van der Waals surface area contributed by atoms with E-state index in [9.17, 15) is 14.9 Å². The van der Waals surface area contributed by atoms with Crippen LogP contribution < -0.4 is 10.6 Å². The summed E-state index contributed by atoms with van der Waals surface area (Å²) < 4.78 is 0.780. The Morgan fingerprint density at radius 3 is 2.84 bits per heavy atom. The Balaban J connectivity index is 1.63. The molecule has 8 nitrogen and oxygen atoms in total. The summed E-state index contributed by atoms with van der Waals surface area (Å²) in [7, 11) is 0. The van der Waals surface area contributed by atoms with E-state index in [1.807, 2.05) is 6.92 Å². The summed E-state index contributed by atoms with van der Waals surface area (Å²) in [6, 6.07) is 4.26. The van der Waals surface area contributed by atoms with E-state index in [0.717, 1.165) is 9.35 Å². The summed E-state index contributed by atoms with van der Waals surface area (Å²) in [5.74, 6) is 0.238. The Labute approximate surface area is 157 Å². The third-order valence-electron chi connectivity index (χ3n) is 2.99. The predicted octanol–water partition coefficient (Wildman–Crippen LogP) is 3.12. The van der Waals surface area contributed by atoms with Crippen LogP contribution in [0.1, 0.15) is 11.4 Å². The van der Waals surface area contributed by atoms with E-state index in [2.05, 4.69) is 20.8 Å². The van der Waals surface area contributed by atoms with Gasteiger partial charge in [0.2, 0.25) is 5.91 Å². The molecule has 1 aromatic carbocycles. The van der Waals surface area contributed by atoms with Gasteiger partial charge in [0.15, 0.2) is 4.34 Å². The zero-order chi connectivity index (χ0) is 18.2. The molecule has 134 valence electrons. The number of carbonyl (C=O) groups is 1. The Morgan fingerprint density at radius 1 is 1.40 bits per heavy atom. The molecule has 0 unspecified atom stereocenters. The Kier molecular flexibility index (Phi) is 7.41. The lowest BCUT2D eigenvalue weighted by Gasteiger charge is -2.09. The van der Waals surface area contributed by atoms with E-state index < -0.39 is 4.92 Å². The normalized spacial score (nSPS) is 10.5. The van der Waals surface area contributed by atoms with Gasteiger partial charge >= 0.3 is 0 Å². The topological polar surface area (TPSA) is 110 Å². The van der Waals surface area contributed by atoms with Gasteiger partial charge in [-0.1, -0.05) is 34.7 Å². The fourth-order valence-electron chi connectivity index (χ4n) is 1.82. The minimum atomic E-state index is -0.494. The fourth-order valence-corrected chi connectivity index (χ4v) is 3.70. The molecule has 2 N–H and O–H groups in total. The number of benzene rings is 1. The zero-order valence-electron chi connectivity index (χ0n) is 13.3. The molecule has 0 fully saturated rings. The molecular formula is C14H16ClN5O3S2. The summed E-state index contributed by atoms with van der Waals surface area (Å²) in [5.41, 5.74) is 0.576. The van der Waals surface area contributed by atoms with Gasteiger partial charge in [-0.3, -0.25) is 14.9 Å². The molecule has 0 saturated heterocycles. The number of nitro groups is 1.